The summed E-state index contributed by atoms with van der Waals surface area (Å²) in [7, 11) is -0.725. The predicted octanol–water partition coefficient (Wildman–Crippen LogP) is 1.31. The van der Waals surface area contributed by atoms with Crippen LogP contribution in [0.4, 0.5) is 0 Å². The Morgan fingerprint density at radius 2 is 1.78 bits per heavy atom. The monoisotopic (exact) mass is 342 g/mol. The second-order valence-electron chi connectivity index (χ2n) is 5.32. The first-order chi connectivity index (χ1) is 10.7. The number of hydrogen-bond acceptors (Lipinski definition) is 4. The number of amides is 1. The zero-order valence-corrected chi connectivity index (χ0v) is 14.3. The highest BCUT2D eigenvalue weighted by molar-refractivity contribution is 7.89. The zero-order valence-electron chi connectivity index (χ0n) is 13.4. The minimum atomic E-state index is -3.56. The Morgan fingerprint density at radius 1 is 1.22 bits per heavy atom. The molecular weight excluding hydrogens is 320 g/mol. The molecule has 2 N–H and O–H groups in total. The van der Waals surface area contributed by atoms with Crippen molar-refractivity contribution in [1.29, 1.82) is 0 Å². The summed E-state index contributed by atoms with van der Waals surface area (Å²) in [6, 6.07) is 4.43. The van der Waals surface area contributed by atoms with Gasteiger partial charge in [0.1, 0.15) is 6.04 Å². The molecule has 0 aliphatic carbocycles. The van der Waals surface area contributed by atoms with Gasteiger partial charge in [0, 0.05) is 19.7 Å². The standard InChI is InChI=1S/C15H22N2O5S/c1-4-5-6-13(15(19)20)16-14(18)11-7-9-12(10-8-11)23(21,22)17(2)3/h7-10,13H,4-6H2,1-3H3,(H,16,18)(H,19,20)/t13-/m0/s1. The number of sulfonamides is 1. The minimum absolute atomic E-state index is 0.0693. The van der Waals surface area contributed by atoms with Crippen LogP contribution in [0.15, 0.2) is 29.2 Å². The summed E-state index contributed by atoms with van der Waals surface area (Å²) in [5, 5.41) is 11.6. The highest BCUT2D eigenvalue weighted by atomic mass is 32.2. The molecular formula is C15H22N2O5S. The van der Waals surface area contributed by atoms with Crippen molar-refractivity contribution in [2.75, 3.05) is 14.1 Å². The Morgan fingerprint density at radius 3 is 2.22 bits per heavy atom. The van der Waals surface area contributed by atoms with Gasteiger partial charge in [0.15, 0.2) is 0 Å². The Hall–Kier alpha value is -1.93. The van der Waals surface area contributed by atoms with E-state index in [1.165, 1.54) is 38.4 Å². The van der Waals surface area contributed by atoms with E-state index in [1.807, 2.05) is 6.92 Å². The summed E-state index contributed by atoms with van der Waals surface area (Å²) < 4.78 is 25.0. The molecule has 0 heterocycles. The third-order valence-electron chi connectivity index (χ3n) is 3.34. The maximum absolute atomic E-state index is 12.1. The zero-order chi connectivity index (χ0) is 17.6. The van der Waals surface area contributed by atoms with E-state index in [2.05, 4.69) is 5.32 Å². The van der Waals surface area contributed by atoms with Gasteiger partial charge in [-0.1, -0.05) is 19.8 Å². The molecule has 1 amide bonds. The first-order valence-corrected chi connectivity index (χ1v) is 8.70. The molecule has 1 atom stereocenters. The molecule has 7 nitrogen and oxygen atoms in total. The minimum Gasteiger partial charge on any atom is -0.480 e. The second-order valence-corrected chi connectivity index (χ2v) is 7.47. The molecule has 0 unspecified atom stereocenters. The Kier molecular flexibility index (Phi) is 6.71. The summed E-state index contributed by atoms with van der Waals surface area (Å²) in [6.45, 7) is 1.94. The highest BCUT2D eigenvalue weighted by Crippen LogP contribution is 2.14. The van der Waals surface area contributed by atoms with Gasteiger partial charge in [0.05, 0.1) is 4.90 Å². The molecule has 0 aliphatic rings. The normalized spacial score (nSPS) is 12.9. The summed E-state index contributed by atoms with van der Waals surface area (Å²) in [5.74, 6) is -1.62. The lowest BCUT2D eigenvalue weighted by atomic mass is 10.1. The number of benzene rings is 1. The van der Waals surface area contributed by atoms with Crippen molar-refractivity contribution in [3.05, 3.63) is 29.8 Å². The van der Waals surface area contributed by atoms with Crippen LogP contribution in [0.25, 0.3) is 0 Å². The number of rotatable bonds is 8. The van der Waals surface area contributed by atoms with Crippen LogP contribution < -0.4 is 5.32 Å². The molecule has 1 aromatic carbocycles. The molecule has 1 aromatic rings. The number of nitrogens with one attached hydrogen (secondary N) is 1. The van der Waals surface area contributed by atoms with Crippen LogP contribution in [-0.2, 0) is 14.8 Å². The number of carbonyl (C=O) groups excluding carboxylic acids is 1. The molecule has 0 fully saturated rings. The fourth-order valence-electron chi connectivity index (χ4n) is 1.90. The summed E-state index contributed by atoms with van der Waals surface area (Å²) in [6.07, 6.45) is 1.87. The van der Waals surface area contributed by atoms with Crippen LogP contribution in [0, 0.1) is 0 Å². The van der Waals surface area contributed by atoms with Gasteiger partial charge in [-0.15, -0.1) is 0 Å². The lowest BCUT2D eigenvalue weighted by Gasteiger charge is -2.15. The van der Waals surface area contributed by atoms with E-state index in [0.29, 0.717) is 12.8 Å². The summed E-state index contributed by atoms with van der Waals surface area (Å²) in [4.78, 5) is 23.3. The van der Waals surface area contributed by atoms with E-state index in [0.717, 1.165) is 10.7 Å². The molecule has 1 rings (SSSR count). The van der Waals surface area contributed by atoms with E-state index in [4.69, 9.17) is 5.11 Å². The number of unbranched alkanes of at least 4 members (excludes halogenated alkanes) is 1. The van der Waals surface area contributed by atoms with E-state index in [-0.39, 0.29) is 10.5 Å². The number of carboxylic acid groups (broad SMARTS) is 1. The van der Waals surface area contributed by atoms with E-state index in [9.17, 15) is 18.0 Å². The van der Waals surface area contributed by atoms with Gasteiger partial charge in [-0.2, -0.15) is 0 Å². The second kappa shape index (κ2) is 8.07. The van der Waals surface area contributed by atoms with Crippen molar-refractivity contribution >= 4 is 21.9 Å². The number of carboxylic acids is 1. The van der Waals surface area contributed by atoms with E-state index < -0.39 is 27.9 Å². The van der Waals surface area contributed by atoms with Crippen LogP contribution in [0.1, 0.15) is 36.5 Å². The average Bonchev–Trinajstić information content (AvgIpc) is 2.50. The van der Waals surface area contributed by atoms with Crippen molar-refractivity contribution in [1.82, 2.24) is 9.62 Å². The summed E-state index contributed by atoms with van der Waals surface area (Å²) >= 11 is 0. The van der Waals surface area contributed by atoms with Gasteiger partial charge in [-0.25, -0.2) is 17.5 Å². The van der Waals surface area contributed by atoms with Crippen LogP contribution in [-0.4, -0.2) is 49.8 Å². The fourth-order valence-corrected chi connectivity index (χ4v) is 2.80. The molecule has 0 bridgehead atoms. The van der Waals surface area contributed by atoms with Gasteiger partial charge in [-0.3, -0.25) is 4.79 Å². The van der Waals surface area contributed by atoms with Crippen molar-refractivity contribution in [2.24, 2.45) is 0 Å². The van der Waals surface area contributed by atoms with Crippen molar-refractivity contribution < 1.29 is 23.1 Å². The molecule has 0 aliphatic heterocycles. The fraction of sp³-hybridized carbons (Fsp3) is 0.467. The smallest absolute Gasteiger partial charge is 0.326 e. The van der Waals surface area contributed by atoms with Crippen LogP contribution in [0.3, 0.4) is 0 Å². The topological polar surface area (TPSA) is 104 Å². The van der Waals surface area contributed by atoms with Gasteiger partial charge in [0.2, 0.25) is 10.0 Å². The lowest BCUT2D eigenvalue weighted by molar-refractivity contribution is -0.139. The highest BCUT2D eigenvalue weighted by Gasteiger charge is 2.21. The molecule has 0 aromatic heterocycles. The third-order valence-corrected chi connectivity index (χ3v) is 5.17. The van der Waals surface area contributed by atoms with Crippen molar-refractivity contribution in [2.45, 2.75) is 37.1 Å². The molecule has 0 spiro atoms. The van der Waals surface area contributed by atoms with Crippen molar-refractivity contribution in [3.63, 3.8) is 0 Å². The maximum Gasteiger partial charge on any atom is 0.326 e. The van der Waals surface area contributed by atoms with Gasteiger partial charge >= 0.3 is 5.97 Å². The SMILES string of the molecule is CCCC[C@H](NC(=O)c1ccc(S(=O)(=O)N(C)C)cc1)C(=O)O. The van der Waals surface area contributed by atoms with Crippen LogP contribution in [0.2, 0.25) is 0 Å². The first-order valence-electron chi connectivity index (χ1n) is 7.26. The van der Waals surface area contributed by atoms with Gasteiger partial charge < -0.3 is 10.4 Å². The van der Waals surface area contributed by atoms with E-state index >= 15 is 0 Å². The molecule has 128 valence electrons. The average molecular weight is 342 g/mol. The molecule has 0 saturated carbocycles. The van der Waals surface area contributed by atoms with Crippen LogP contribution >= 0.6 is 0 Å². The predicted molar refractivity (Wildman–Crippen MR) is 85.7 cm³/mol. The Balaban J connectivity index is 2.87. The largest absolute Gasteiger partial charge is 0.480 e. The maximum atomic E-state index is 12.1. The van der Waals surface area contributed by atoms with Gasteiger partial charge in [-0.05, 0) is 30.7 Å². The molecule has 0 saturated heterocycles. The number of nitrogens with zero attached hydrogens (tertiary/aromatic N) is 1. The first kappa shape index (κ1) is 19.1. The number of hydrogen-bond donors (Lipinski definition) is 2. The third kappa shape index (κ3) is 5.04. The molecule has 8 heteroatoms. The quantitative estimate of drug-likeness (QED) is 0.741. The van der Waals surface area contributed by atoms with E-state index in [1.54, 1.807) is 0 Å². The lowest BCUT2D eigenvalue weighted by Crippen LogP contribution is -2.40. The van der Waals surface area contributed by atoms with Crippen molar-refractivity contribution in [3.8, 4) is 0 Å². The Labute approximate surface area is 136 Å². The Bertz CT molecular complexity index is 653. The number of carbonyl (C=O) groups is 2. The van der Waals surface area contributed by atoms with Crippen LogP contribution in [0.5, 0.6) is 0 Å². The summed E-state index contributed by atoms with van der Waals surface area (Å²) in [5.41, 5.74) is 0.213. The molecule has 0 radical (unpaired) electrons. The number of aliphatic carboxylic acids is 1. The molecule has 23 heavy (non-hydrogen) atoms. The van der Waals surface area contributed by atoms with Gasteiger partial charge in [0.25, 0.3) is 5.91 Å².